The Morgan fingerprint density at radius 1 is 1.50 bits per heavy atom. The first-order valence-corrected chi connectivity index (χ1v) is 6.06. The molecule has 0 aliphatic rings. The molecule has 6 heteroatoms. The van der Waals surface area contributed by atoms with Crippen molar-refractivity contribution in [3.05, 3.63) is 32.8 Å². The van der Waals surface area contributed by atoms with E-state index in [0.717, 1.165) is 5.56 Å². The number of benzene rings is 1. The third kappa shape index (κ3) is 3.34. The van der Waals surface area contributed by atoms with Crippen molar-refractivity contribution in [3.63, 3.8) is 0 Å². The quantitative estimate of drug-likeness (QED) is 0.638. The molecule has 0 heterocycles. The molecule has 0 fully saturated rings. The normalized spacial score (nSPS) is 12.6. The summed E-state index contributed by atoms with van der Waals surface area (Å²) in [5, 5.41) is 23.2. The van der Waals surface area contributed by atoms with E-state index < -0.39 is 4.92 Å². The van der Waals surface area contributed by atoms with Gasteiger partial charge in [0.2, 0.25) is 0 Å². The van der Waals surface area contributed by atoms with Crippen LogP contribution in [0.2, 0.25) is 5.02 Å². The van der Waals surface area contributed by atoms with Crippen LogP contribution in [-0.4, -0.2) is 22.7 Å². The lowest BCUT2D eigenvalue weighted by Gasteiger charge is -2.22. The van der Waals surface area contributed by atoms with E-state index in [1.54, 1.807) is 6.92 Å². The molecule has 18 heavy (non-hydrogen) atoms. The van der Waals surface area contributed by atoms with Crippen molar-refractivity contribution < 1.29 is 10.0 Å². The van der Waals surface area contributed by atoms with Crippen molar-refractivity contribution in [2.24, 2.45) is 5.92 Å². The lowest BCUT2D eigenvalue weighted by atomic mass is 10.0. The van der Waals surface area contributed by atoms with Crippen LogP contribution in [0.4, 0.5) is 11.4 Å². The molecule has 0 aliphatic carbocycles. The zero-order chi connectivity index (χ0) is 13.9. The van der Waals surface area contributed by atoms with Crippen molar-refractivity contribution in [3.8, 4) is 0 Å². The van der Waals surface area contributed by atoms with E-state index >= 15 is 0 Å². The van der Waals surface area contributed by atoms with Gasteiger partial charge in [0.05, 0.1) is 17.6 Å². The molecule has 1 aromatic carbocycles. The maximum atomic E-state index is 10.7. The molecule has 0 aromatic heterocycles. The van der Waals surface area contributed by atoms with E-state index in [2.05, 4.69) is 5.32 Å². The van der Waals surface area contributed by atoms with E-state index in [4.69, 9.17) is 11.6 Å². The van der Waals surface area contributed by atoms with Gasteiger partial charge in [-0.15, -0.1) is 0 Å². The number of nitrogens with one attached hydrogen (secondary N) is 1. The van der Waals surface area contributed by atoms with Gasteiger partial charge in [-0.25, -0.2) is 0 Å². The first-order valence-electron chi connectivity index (χ1n) is 5.68. The van der Waals surface area contributed by atoms with Crippen LogP contribution in [0.15, 0.2) is 12.1 Å². The van der Waals surface area contributed by atoms with Crippen LogP contribution in [0.25, 0.3) is 0 Å². The Morgan fingerprint density at radius 3 is 2.56 bits per heavy atom. The van der Waals surface area contributed by atoms with Crippen LogP contribution in [-0.2, 0) is 0 Å². The molecular formula is C12H17ClN2O3. The average molecular weight is 273 g/mol. The van der Waals surface area contributed by atoms with Gasteiger partial charge in [-0.05, 0) is 24.5 Å². The second kappa shape index (κ2) is 6.02. The molecule has 0 bridgehead atoms. The topological polar surface area (TPSA) is 75.4 Å². The van der Waals surface area contributed by atoms with Crippen LogP contribution in [0.5, 0.6) is 0 Å². The molecular weight excluding hydrogens is 256 g/mol. The van der Waals surface area contributed by atoms with Crippen molar-refractivity contribution in [2.75, 3.05) is 11.9 Å². The standard InChI is InChI=1S/C12H17ClN2O3/c1-7(2)11(6-16)14-10-5-9(13)12(15(17)18)4-8(10)3/h4-5,7,11,14,16H,6H2,1-3H3/t11-/m1/s1. The van der Waals surface area contributed by atoms with Gasteiger partial charge >= 0.3 is 0 Å². The third-order valence-corrected chi connectivity index (χ3v) is 3.14. The van der Waals surface area contributed by atoms with Crippen LogP contribution in [0, 0.1) is 23.0 Å². The Bertz CT molecular complexity index is 449. The zero-order valence-electron chi connectivity index (χ0n) is 10.6. The summed E-state index contributed by atoms with van der Waals surface area (Å²) in [6, 6.07) is 2.85. The van der Waals surface area contributed by atoms with Crippen molar-refractivity contribution >= 4 is 23.0 Å². The molecule has 100 valence electrons. The van der Waals surface area contributed by atoms with Crippen LogP contribution in [0.3, 0.4) is 0 Å². The van der Waals surface area contributed by atoms with Gasteiger partial charge in [0.15, 0.2) is 0 Å². The lowest BCUT2D eigenvalue weighted by Crippen LogP contribution is -2.29. The van der Waals surface area contributed by atoms with Gasteiger partial charge < -0.3 is 10.4 Å². The molecule has 2 N–H and O–H groups in total. The fourth-order valence-corrected chi connectivity index (χ4v) is 1.82. The van der Waals surface area contributed by atoms with E-state index in [-0.39, 0.29) is 29.3 Å². The predicted octanol–water partition coefficient (Wildman–Crippen LogP) is 2.99. The second-order valence-corrected chi connectivity index (χ2v) is 4.96. The van der Waals surface area contributed by atoms with Crippen molar-refractivity contribution in [2.45, 2.75) is 26.8 Å². The molecule has 0 radical (unpaired) electrons. The maximum Gasteiger partial charge on any atom is 0.288 e. The predicted molar refractivity (Wildman–Crippen MR) is 72.2 cm³/mol. The van der Waals surface area contributed by atoms with Crippen molar-refractivity contribution in [1.82, 2.24) is 0 Å². The summed E-state index contributed by atoms with van der Waals surface area (Å²) in [5.41, 5.74) is 1.33. The molecule has 0 unspecified atom stereocenters. The highest BCUT2D eigenvalue weighted by Crippen LogP contribution is 2.31. The molecule has 0 amide bonds. The number of anilines is 1. The van der Waals surface area contributed by atoms with Gasteiger partial charge in [0.1, 0.15) is 5.02 Å². The largest absolute Gasteiger partial charge is 0.394 e. The number of rotatable bonds is 5. The summed E-state index contributed by atoms with van der Waals surface area (Å²) < 4.78 is 0. The molecule has 5 nitrogen and oxygen atoms in total. The van der Waals surface area contributed by atoms with Gasteiger partial charge in [0, 0.05) is 11.8 Å². The summed E-state index contributed by atoms with van der Waals surface area (Å²) in [7, 11) is 0. The number of nitro benzene ring substituents is 1. The molecule has 1 atom stereocenters. The highest BCUT2D eigenvalue weighted by molar-refractivity contribution is 6.33. The molecule has 0 saturated heterocycles. The Hall–Kier alpha value is -1.33. The smallest absolute Gasteiger partial charge is 0.288 e. The number of halogens is 1. The molecule has 0 spiro atoms. The third-order valence-electron chi connectivity index (χ3n) is 2.83. The molecule has 0 saturated carbocycles. The summed E-state index contributed by atoms with van der Waals surface area (Å²) in [6.07, 6.45) is 0. The summed E-state index contributed by atoms with van der Waals surface area (Å²) in [4.78, 5) is 10.2. The Kier molecular flexibility index (Phi) is 4.93. The molecule has 1 aromatic rings. The van der Waals surface area contributed by atoms with Crippen LogP contribution in [0.1, 0.15) is 19.4 Å². The first-order chi connectivity index (χ1) is 8.36. The summed E-state index contributed by atoms with van der Waals surface area (Å²) in [6.45, 7) is 5.72. The fourth-order valence-electron chi connectivity index (χ4n) is 1.58. The number of aryl methyl sites for hydroxylation is 1. The maximum absolute atomic E-state index is 10.7. The number of aliphatic hydroxyl groups is 1. The van der Waals surface area contributed by atoms with E-state index in [0.29, 0.717) is 5.69 Å². The summed E-state index contributed by atoms with van der Waals surface area (Å²) >= 11 is 5.86. The van der Waals surface area contributed by atoms with Crippen LogP contribution >= 0.6 is 11.6 Å². The number of hydrogen-bond acceptors (Lipinski definition) is 4. The van der Waals surface area contributed by atoms with Gasteiger partial charge in [-0.2, -0.15) is 0 Å². The van der Waals surface area contributed by atoms with Crippen molar-refractivity contribution in [1.29, 1.82) is 0 Å². The van der Waals surface area contributed by atoms with E-state index in [9.17, 15) is 15.2 Å². The number of hydrogen-bond donors (Lipinski definition) is 2. The molecule has 0 aliphatic heterocycles. The number of aliphatic hydroxyl groups excluding tert-OH is 1. The zero-order valence-corrected chi connectivity index (χ0v) is 11.4. The number of nitrogens with zero attached hydrogens (tertiary/aromatic N) is 1. The SMILES string of the molecule is Cc1cc([N+](=O)[O-])c(Cl)cc1N[C@H](CO)C(C)C. The van der Waals surface area contributed by atoms with E-state index in [1.807, 2.05) is 13.8 Å². The highest BCUT2D eigenvalue weighted by atomic mass is 35.5. The average Bonchev–Trinajstić information content (AvgIpc) is 2.28. The van der Waals surface area contributed by atoms with Crippen LogP contribution < -0.4 is 5.32 Å². The van der Waals surface area contributed by atoms with Gasteiger partial charge in [-0.3, -0.25) is 10.1 Å². The minimum Gasteiger partial charge on any atom is -0.394 e. The Morgan fingerprint density at radius 2 is 2.11 bits per heavy atom. The fraction of sp³-hybridized carbons (Fsp3) is 0.500. The first kappa shape index (κ1) is 14.7. The summed E-state index contributed by atoms with van der Waals surface area (Å²) in [5.74, 6) is 0.239. The number of nitro groups is 1. The highest BCUT2D eigenvalue weighted by Gasteiger charge is 2.18. The Labute approximate surface area is 111 Å². The monoisotopic (exact) mass is 272 g/mol. The minimum absolute atomic E-state index is 0.00822. The van der Waals surface area contributed by atoms with Gasteiger partial charge in [0.25, 0.3) is 5.69 Å². The molecule has 1 rings (SSSR count). The lowest BCUT2D eigenvalue weighted by molar-refractivity contribution is -0.384. The Balaban J connectivity index is 3.04. The second-order valence-electron chi connectivity index (χ2n) is 4.55. The minimum atomic E-state index is -0.509. The van der Waals surface area contributed by atoms with Gasteiger partial charge in [-0.1, -0.05) is 25.4 Å². The van der Waals surface area contributed by atoms with E-state index in [1.165, 1.54) is 12.1 Å².